The first-order valence-electron chi connectivity index (χ1n) is 8.38. The summed E-state index contributed by atoms with van der Waals surface area (Å²) < 4.78 is 1.66. The standard InChI is InChI=1S/C20H16N4O2S/c1-13(25)15-7-5-6-14(10-15)12-27-20-22-18-17(19(26)23-20)11-21-24(18)16-8-3-2-4-9-16/h2-11H,12H2,1H3,(H,22,23,26). The number of rotatable bonds is 5. The molecule has 0 bridgehead atoms. The van der Waals surface area contributed by atoms with Crippen LogP contribution < -0.4 is 5.56 Å². The van der Waals surface area contributed by atoms with E-state index >= 15 is 0 Å². The van der Waals surface area contributed by atoms with Crippen LogP contribution in [0.2, 0.25) is 0 Å². The van der Waals surface area contributed by atoms with Gasteiger partial charge < -0.3 is 4.98 Å². The van der Waals surface area contributed by atoms with Gasteiger partial charge in [-0.3, -0.25) is 9.59 Å². The third-order valence-electron chi connectivity index (χ3n) is 4.13. The molecule has 1 N–H and O–H groups in total. The van der Waals surface area contributed by atoms with Gasteiger partial charge in [0, 0.05) is 11.3 Å². The van der Waals surface area contributed by atoms with E-state index in [0.29, 0.717) is 27.5 Å². The fourth-order valence-corrected chi connectivity index (χ4v) is 3.56. The smallest absolute Gasteiger partial charge is 0.262 e. The highest BCUT2D eigenvalue weighted by Gasteiger charge is 2.12. The van der Waals surface area contributed by atoms with E-state index < -0.39 is 0 Å². The molecule has 2 aromatic carbocycles. The van der Waals surface area contributed by atoms with Gasteiger partial charge in [-0.05, 0) is 30.7 Å². The molecule has 6 nitrogen and oxygen atoms in total. The van der Waals surface area contributed by atoms with Crippen molar-refractivity contribution in [1.82, 2.24) is 19.7 Å². The van der Waals surface area contributed by atoms with Crippen LogP contribution in [0.3, 0.4) is 0 Å². The van der Waals surface area contributed by atoms with Gasteiger partial charge in [-0.25, -0.2) is 9.67 Å². The predicted molar refractivity (Wildman–Crippen MR) is 105 cm³/mol. The average Bonchev–Trinajstić information content (AvgIpc) is 3.12. The molecule has 0 unspecified atom stereocenters. The molecule has 0 aliphatic heterocycles. The monoisotopic (exact) mass is 376 g/mol. The predicted octanol–water partition coefficient (Wildman–Crippen LogP) is 3.60. The number of H-pyrrole nitrogens is 1. The van der Waals surface area contributed by atoms with Gasteiger partial charge in [0.05, 0.1) is 11.9 Å². The number of Topliss-reactive ketones (excluding diaryl/α,β-unsaturated/α-hetero) is 1. The van der Waals surface area contributed by atoms with E-state index in [1.165, 1.54) is 18.0 Å². The molecule has 0 atom stereocenters. The molecule has 134 valence electrons. The molecular weight excluding hydrogens is 360 g/mol. The van der Waals surface area contributed by atoms with E-state index in [1.807, 2.05) is 48.5 Å². The van der Waals surface area contributed by atoms with Crippen molar-refractivity contribution in [2.75, 3.05) is 0 Å². The highest BCUT2D eigenvalue weighted by Crippen LogP contribution is 2.21. The number of aromatic nitrogens is 4. The lowest BCUT2D eigenvalue weighted by Gasteiger charge is -2.05. The summed E-state index contributed by atoms with van der Waals surface area (Å²) in [4.78, 5) is 31.3. The SMILES string of the molecule is CC(=O)c1cccc(CSc2nc3c(cnn3-c3ccccc3)c(=O)[nH]2)c1. The zero-order valence-electron chi connectivity index (χ0n) is 14.5. The minimum Gasteiger partial charge on any atom is -0.301 e. The van der Waals surface area contributed by atoms with E-state index in [0.717, 1.165) is 11.3 Å². The molecular formula is C20H16N4O2S. The fraction of sp³-hybridized carbons (Fsp3) is 0.100. The van der Waals surface area contributed by atoms with Crippen molar-refractivity contribution in [1.29, 1.82) is 0 Å². The van der Waals surface area contributed by atoms with Crippen molar-refractivity contribution < 1.29 is 4.79 Å². The Morgan fingerprint density at radius 1 is 1.15 bits per heavy atom. The highest BCUT2D eigenvalue weighted by molar-refractivity contribution is 7.98. The second kappa shape index (κ2) is 7.20. The number of para-hydroxylation sites is 1. The van der Waals surface area contributed by atoms with Crippen LogP contribution in [-0.2, 0) is 5.75 Å². The molecule has 2 heterocycles. The van der Waals surface area contributed by atoms with Crippen LogP contribution in [0, 0.1) is 0 Å². The van der Waals surface area contributed by atoms with Gasteiger partial charge in [0.1, 0.15) is 5.39 Å². The maximum absolute atomic E-state index is 12.4. The van der Waals surface area contributed by atoms with Gasteiger partial charge in [0.2, 0.25) is 0 Å². The Morgan fingerprint density at radius 3 is 2.74 bits per heavy atom. The number of aromatic amines is 1. The number of hydrogen-bond acceptors (Lipinski definition) is 5. The Labute approximate surface area is 159 Å². The first-order chi connectivity index (χ1) is 13.1. The van der Waals surface area contributed by atoms with Crippen molar-refractivity contribution in [2.24, 2.45) is 0 Å². The van der Waals surface area contributed by atoms with Gasteiger partial charge in [0.15, 0.2) is 16.6 Å². The topological polar surface area (TPSA) is 80.6 Å². The Kier molecular flexibility index (Phi) is 4.60. The van der Waals surface area contributed by atoms with E-state index in [-0.39, 0.29) is 11.3 Å². The van der Waals surface area contributed by atoms with E-state index in [2.05, 4.69) is 15.1 Å². The van der Waals surface area contributed by atoms with Crippen LogP contribution in [0.4, 0.5) is 0 Å². The third-order valence-corrected chi connectivity index (χ3v) is 5.07. The van der Waals surface area contributed by atoms with Gasteiger partial charge >= 0.3 is 0 Å². The molecule has 0 saturated carbocycles. The van der Waals surface area contributed by atoms with Crippen molar-refractivity contribution in [3.05, 3.63) is 82.3 Å². The van der Waals surface area contributed by atoms with Crippen LogP contribution in [-0.4, -0.2) is 25.5 Å². The number of nitrogens with one attached hydrogen (secondary N) is 1. The number of hydrogen-bond donors (Lipinski definition) is 1. The fourth-order valence-electron chi connectivity index (χ4n) is 2.76. The normalized spacial score (nSPS) is 11.0. The van der Waals surface area contributed by atoms with Crippen molar-refractivity contribution in [3.8, 4) is 5.69 Å². The van der Waals surface area contributed by atoms with E-state index in [1.54, 1.807) is 17.7 Å². The number of carbonyl (C=O) groups excluding carboxylic acids is 1. The number of thioether (sulfide) groups is 1. The molecule has 2 aromatic heterocycles. The second-order valence-corrected chi connectivity index (χ2v) is 7.01. The Morgan fingerprint density at radius 2 is 1.96 bits per heavy atom. The molecule has 0 amide bonds. The van der Waals surface area contributed by atoms with Crippen LogP contribution in [0.15, 0.2) is 70.7 Å². The van der Waals surface area contributed by atoms with Crippen LogP contribution in [0.25, 0.3) is 16.7 Å². The minimum absolute atomic E-state index is 0.0292. The van der Waals surface area contributed by atoms with E-state index in [9.17, 15) is 9.59 Å². The quantitative estimate of drug-likeness (QED) is 0.327. The van der Waals surface area contributed by atoms with Crippen molar-refractivity contribution in [2.45, 2.75) is 17.8 Å². The Hall–Kier alpha value is -3.19. The van der Waals surface area contributed by atoms with Gasteiger partial charge in [-0.1, -0.05) is 48.2 Å². The highest BCUT2D eigenvalue weighted by atomic mass is 32.2. The minimum atomic E-state index is -0.220. The molecule has 4 aromatic rings. The van der Waals surface area contributed by atoms with Crippen LogP contribution in [0.5, 0.6) is 0 Å². The number of benzene rings is 2. The van der Waals surface area contributed by atoms with Crippen molar-refractivity contribution >= 4 is 28.6 Å². The summed E-state index contributed by atoms with van der Waals surface area (Å²) in [5.41, 5.74) is 2.81. The van der Waals surface area contributed by atoms with E-state index in [4.69, 9.17) is 0 Å². The Balaban J connectivity index is 1.66. The molecule has 27 heavy (non-hydrogen) atoms. The maximum atomic E-state index is 12.4. The molecule has 0 saturated heterocycles. The summed E-state index contributed by atoms with van der Waals surface area (Å²) in [6.07, 6.45) is 1.53. The maximum Gasteiger partial charge on any atom is 0.262 e. The van der Waals surface area contributed by atoms with Crippen molar-refractivity contribution in [3.63, 3.8) is 0 Å². The van der Waals surface area contributed by atoms with Gasteiger partial charge in [-0.15, -0.1) is 0 Å². The summed E-state index contributed by atoms with van der Waals surface area (Å²) in [6.45, 7) is 1.55. The zero-order chi connectivity index (χ0) is 18.8. The summed E-state index contributed by atoms with van der Waals surface area (Å²) in [5, 5.41) is 5.26. The molecule has 7 heteroatoms. The summed E-state index contributed by atoms with van der Waals surface area (Å²) in [5.74, 6) is 0.622. The van der Waals surface area contributed by atoms with Crippen LogP contribution >= 0.6 is 11.8 Å². The lowest BCUT2D eigenvalue weighted by Crippen LogP contribution is -2.09. The number of fused-ring (bicyclic) bond motifs is 1. The summed E-state index contributed by atoms with van der Waals surface area (Å²) >= 11 is 1.41. The first kappa shape index (κ1) is 17.2. The number of nitrogens with zero attached hydrogens (tertiary/aromatic N) is 3. The number of carbonyl (C=O) groups is 1. The second-order valence-electron chi connectivity index (χ2n) is 6.05. The molecule has 0 aliphatic rings. The third kappa shape index (κ3) is 3.54. The van der Waals surface area contributed by atoms with Gasteiger partial charge in [0.25, 0.3) is 5.56 Å². The average molecular weight is 376 g/mol. The molecule has 0 spiro atoms. The molecule has 0 fully saturated rings. The zero-order valence-corrected chi connectivity index (χ0v) is 15.4. The Bertz CT molecular complexity index is 1180. The molecule has 4 rings (SSSR count). The number of ketones is 1. The molecule has 0 aliphatic carbocycles. The van der Waals surface area contributed by atoms with Crippen LogP contribution in [0.1, 0.15) is 22.8 Å². The first-order valence-corrected chi connectivity index (χ1v) is 9.36. The largest absolute Gasteiger partial charge is 0.301 e. The lowest BCUT2D eigenvalue weighted by molar-refractivity contribution is 0.101. The summed E-state index contributed by atoms with van der Waals surface area (Å²) in [7, 11) is 0. The lowest BCUT2D eigenvalue weighted by atomic mass is 10.1. The van der Waals surface area contributed by atoms with Gasteiger partial charge in [-0.2, -0.15) is 5.10 Å². The summed E-state index contributed by atoms with van der Waals surface area (Å²) in [6, 6.07) is 17.0. The molecule has 0 radical (unpaired) electrons.